The molecule has 0 aliphatic heterocycles. The quantitative estimate of drug-likeness (QED) is 0.444. The van der Waals surface area contributed by atoms with Crippen LogP contribution >= 0.6 is 0 Å². The highest BCUT2D eigenvalue weighted by Gasteiger charge is 2.01. The smallest absolute Gasteiger partial charge is 0.0716 e. The number of rotatable bonds is 7. The van der Waals surface area contributed by atoms with E-state index in [1.165, 1.54) is 27.8 Å². The molecule has 3 rings (SSSR count). The molecule has 3 aromatic rings. The summed E-state index contributed by atoms with van der Waals surface area (Å²) in [6.45, 7) is 7.43. The molecule has 25 heavy (non-hydrogen) atoms. The van der Waals surface area contributed by atoms with Crippen LogP contribution in [-0.4, -0.2) is 6.61 Å². The van der Waals surface area contributed by atoms with E-state index in [0.29, 0.717) is 6.61 Å². The summed E-state index contributed by atoms with van der Waals surface area (Å²) < 4.78 is 5.59. The molecule has 0 fully saturated rings. The maximum Gasteiger partial charge on any atom is 0.0716 e. The summed E-state index contributed by atoms with van der Waals surface area (Å²) >= 11 is 0. The van der Waals surface area contributed by atoms with Crippen LogP contribution in [0.1, 0.15) is 24.5 Å². The summed E-state index contributed by atoms with van der Waals surface area (Å²) in [6.07, 6.45) is 2.92. The van der Waals surface area contributed by atoms with Crippen LogP contribution in [0.3, 0.4) is 0 Å². The second-order valence-electron chi connectivity index (χ2n) is 6.15. The molecule has 0 N–H and O–H groups in total. The van der Waals surface area contributed by atoms with E-state index in [1.807, 2.05) is 6.08 Å². The molecule has 0 heterocycles. The van der Waals surface area contributed by atoms with Gasteiger partial charge in [0.1, 0.15) is 0 Å². The van der Waals surface area contributed by atoms with Crippen molar-refractivity contribution < 1.29 is 4.74 Å². The third-order valence-corrected chi connectivity index (χ3v) is 4.27. The van der Waals surface area contributed by atoms with Crippen molar-refractivity contribution in [3.05, 3.63) is 90.5 Å². The third kappa shape index (κ3) is 4.46. The van der Waals surface area contributed by atoms with Gasteiger partial charge < -0.3 is 4.74 Å². The summed E-state index contributed by atoms with van der Waals surface area (Å²) in [5, 5.41) is 0. The van der Waals surface area contributed by atoms with Gasteiger partial charge in [0.2, 0.25) is 0 Å². The minimum atomic E-state index is 0.688. The Hall–Kier alpha value is -2.64. The molecule has 0 aromatic heterocycles. The molecule has 0 spiro atoms. The Morgan fingerprint density at radius 3 is 1.60 bits per heavy atom. The molecule has 0 unspecified atom stereocenters. The zero-order valence-corrected chi connectivity index (χ0v) is 14.7. The number of benzene rings is 3. The third-order valence-electron chi connectivity index (χ3n) is 4.27. The second kappa shape index (κ2) is 8.46. The van der Waals surface area contributed by atoms with E-state index in [1.54, 1.807) is 0 Å². The van der Waals surface area contributed by atoms with Crippen molar-refractivity contribution in [3.8, 4) is 22.3 Å². The lowest BCUT2D eigenvalue weighted by atomic mass is 9.99. The van der Waals surface area contributed by atoms with Gasteiger partial charge in [-0.3, -0.25) is 0 Å². The molecule has 0 radical (unpaired) electrons. The predicted octanol–water partition coefficient (Wildman–Crippen LogP) is 6.59. The molecular formula is C24H24O. The van der Waals surface area contributed by atoms with Gasteiger partial charge in [-0.2, -0.15) is 0 Å². The Kier molecular flexibility index (Phi) is 5.81. The molecule has 3 aromatic carbocycles. The van der Waals surface area contributed by atoms with Gasteiger partial charge >= 0.3 is 0 Å². The highest BCUT2D eigenvalue weighted by Crippen LogP contribution is 2.25. The van der Waals surface area contributed by atoms with Crippen molar-refractivity contribution in [2.75, 3.05) is 6.61 Å². The van der Waals surface area contributed by atoms with Crippen LogP contribution in [0.4, 0.5) is 0 Å². The van der Waals surface area contributed by atoms with E-state index in [0.717, 1.165) is 18.6 Å². The van der Waals surface area contributed by atoms with Gasteiger partial charge in [0, 0.05) is 6.61 Å². The van der Waals surface area contributed by atoms with Gasteiger partial charge in [0.05, 0.1) is 6.61 Å². The van der Waals surface area contributed by atoms with E-state index in [-0.39, 0.29) is 0 Å². The zero-order chi connectivity index (χ0) is 17.5. The van der Waals surface area contributed by atoms with Crippen molar-refractivity contribution in [1.82, 2.24) is 0 Å². The second-order valence-corrected chi connectivity index (χ2v) is 6.15. The Balaban J connectivity index is 1.72. The minimum absolute atomic E-state index is 0.688. The molecular weight excluding hydrogens is 304 g/mol. The number of hydrogen-bond acceptors (Lipinski definition) is 1. The SMILES string of the molecule is C=Cc1ccc(-c2ccc(-c3ccc(COCCC)cc3)cc2)cc1. The topological polar surface area (TPSA) is 9.23 Å². The molecule has 0 aliphatic carbocycles. The van der Waals surface area contributed by atoms with Crippen molar-refractivity contribution in [2.45, 2.75) is 20.0 Å². The van der Waals surface area contributed by atoms with Gasteiger partial charge in [-0.05, 0) is 39.8 Å². The maximum absolute atomic E-state index is 5.59. The van der Waals surface area contributed by atoms with Crippen molar-refractivity contribution in [1.29, 1.82) is 0 Å². The standard InChI is InChI=1S/C24H24O/c1-3-17-25-18-20-7-11-22(12-8-20)24-15-13-23(14-16-24)21-9-5-19(4-2)6-10-21/h4-16H,2-3,17-18H2,1H3. The Bertz CT molecular complexity index is 796. The average Bonchev–Trinajstić information content (AvgIpc) is 2.69. The summed E-state index contributed by atoms with van der Waals surface area (Å²) in [5.41, 5.74) is 7.27. The Morgan fingerprint density at radius 2 is 1.16 bits per heavy atom. The lowest BCUT2D eigenvalue weighted by Crippen LogP contribution is -1.93. The van der Waals surface area contributed by atoms with Gasteiger partial charge in [0.15, 0.2) is 0 Å². The number of hydrogen-bond donors (Lipinski definition) is 0. The van der Waals surface area contributed by atoms with Gasteiger partial charge in [-0.1, -0.05) is 92.4 Å². The van der Waals surface area contributed by atoms with Crippen LogP contribution in [0.5, 0.6) is 0 Å². The molecule has 0 aliphatic rings. The normalized spacial score (nSPS) is 10.6. The maximum atomic E-state index is 5.59. The van der Waals surface area contributed by atoms with Gasteiger partial charge in [-0.25, -0.2) is 0 Å². The molecule has 0 saturated carbocycles. The van der Waals surface area contributed by atoms with Crippen LogP contribution < -0.4 is 0 Å². The van der Waals surface area contributed by atoms with Crippen LogP contribution in [0, 0.1) is 0 Å². The predicted molar refractivity (Wildman–Crippen MR) is 107 cm³/mol. The van der Waals surface area contributed by atoms with E-state index in [2.05, 4.69) is 86.3 Å². The largest absolute Gasteiger partial charge is 0.377 e. The molecule has 126 valence electrons. The molecule has 0 amide bonds. The summed E-state index contributed by atoms with van der Waals surface area (Å²) in [5.74, 6) is 0. The highest BCUT2D eigenvalue weighted by molar-refractivity contribution is 5.71. The summed E-state index contributed by atoms with van der Waals surface area (Å²) in [7, 11) is 0. The fourth-order valence-electron chi connectivity index (χ4n) is 2.79. The van der Waals surface area contributed by atoms with Gasteiger partial charge in [0.25, 0.3) is 0 Å². The van der Waals surface area contributed by atoms with Crippen LogP contribution in [0.15, 0.2) is 79.4 Å². The van der Waals surface area contributed by atoms with E-state index >= 15 is 0 Å². The monoisotopic (exact) mass is 328 g/mol. The van der Waals surface area contributed by atoms with E-state index in [4.69, 9.17) is 4.74 Å². The van der Waals surface area contributed by atoms with Gasteiger partial charge in [-0.15, -0.1) is 0 Å². The van der Waals surface area contributed by atoms with E-state index < -0.39 is 0 Å². The summed E-state index contributed by atoms with van der Waals surface area (Å²) in [4.78, 5) is 0. The lowest BCUT2D eigenvalue weighted by Gasteiger charge is -2.07. The van der Waals surface area contributed by atoms with Crippen LogP contribution in [0.2, 0.25) is 0 Å². The zero-order valence-electron chi connectivity index (χ0n) is 14.7. The molecule has 1 heteroatoms. The first-order chi connectivity index (χ1) is 12.3. The van der Waals surface area contributed by atoms with E-state index in [9.17, 15) is 0 Å². The fourth-order valence-corrected chi connectivity index (χ4v) is 2.79. The average molecular weight is 328 g/mol. The molecule has 1 nitrogen and oxygen atoms in total. The van der Waals surface area contributed by atoms with Crippen molar-refractivity contribution >= 4 is 6.08 Å². The lowest BCUT2D eigenvalue weighted by molar-refractivity contribution is 0.121. The first kappa shape index (κ1) is 17.2. The van der Waals surface area contributed by atoms with Crippen molar-refractivity contribution in [3.63, 3.8) is 0 Å². The fraction of sp³-hybridized carbons (Fsp3) is 0.167. The van der Waals surface area contributed by atoms with Crippen molar-refractivity contribution in [2.24, 2.45) is 0 Å². The number of ether oxygens (including phenoxy) is 1. The van der Waals surface area contributed by atoms with Crippen LogP contribution in [-0.2, 0) is 11.3 Å². The Morgan fingerprint density at radius 1 is 0.720 bits per heavy atom. The first-order valence-corrected chi connectivity index (χ1v) is 8.80. The molecule has 0 atom stereocenters. The molecule has 0 bridgehead atoms. The van der Waals surface area contributed by atoms with Crippen LogP contribution in [0.25, 0.3) is 28.3 Å². The minimum Gasteiger partial charge on any atom is -0.377 e. The summed E-state index contributed by atoms with van der Waals surface area (Å²) in [6, 6.07) is 25.8. The highest BCUT2D eigenvalue weighted by atomic mass is 16.5. The Labute approximate surface area is 150 Å². The molecule has 0 saturated heterocycles. The first-order valence-electron chi connectivity index (χ1n) is 8.80.